The van der Waals surface area contributed by atoms with E-state index in [-0.39, 0.29) is 5.97 Å². The molecule has 0 fully saturated rings. The summed E-state index contributed by atoms with van der Waals surface area (Å²) in [5.74, 6) is 1.32. The number of benzene rings is 1. The summed E-state index contributed by atoms with van der Waals surface area (Å²) in [4.78, 5) is 10.6. The summed E-state index contributed by atoms with van der Waals surface area (Å²) < 4.78 is 15.2. The molecule has 0 amide bonds. The van der Waals surface area contributed by atoms with E-state index in [4.69, 9.17) is 14.2 Å². The van der Waals surface area contributed by atoms with Crippen LogP contribution < -0.4 is 14.8 Å². The van der Waals surface area contributed by atoms with E-state index in [1.54, 1.807) is 14.2 Å². The first-order valence-corrected chi connectivity index (χ1v) is 5.72. The number of carbonyl (C=O) groups is 1. The summed E-state index contributed by atoms with van der Waals surface area (Å²) >= 11 is 0. The molecule has 1 rings (SSSR count). The number of nitrogens with one attached hydrogen (secondary N) is 1. The zero-order valence-electron chi connectivity index (χ0n) is 11.0. The number of ether oxygens (including phenoxy) is 3. The number of carbonyl (C=O) groups excluding carboxylic acids is 1. The van der Waals surface area contributed by atoms with Gasteiger partial charge < -0.3 is 19.5 Å². The fourth-order valence-electron chi connectivity index (χ4n) is 1.51. The van der Waals surface area contributed by atoms with E-state index >= 15 is 0 Å². The molecule has 0 heterocycles. The van der Waals surface area contributed by atoms with Crippen molar-refractivity contribution in [2.75, 3.05) is 27.4 Å². The first-order chi connectivity index (χ1) is 8.67. The number of esters is 1. The van der Waals surface area contributed by atoms with Gasteiger partial charge in [0.25, 0.3) is 0 Å². The van der Waals surface area contributed by atoms with Crippen molar-refractivity contribution in [1.82, 2.24) is 5.32 Å². The molecule has 0 aromatic heterocycles. The molecule has 0 aliphatic rings. The van der Waals surface area contributed by atoms with E-state index in [0.717, 1.165) is 17.1 Å². The van der Waals surface area contributed by atoms with Gasteiger partial charge in [-0.1, -0.05) is 0 Å². The molecule has 0 aliphatic carbocycles. The standard InChI is InChI=1S/C13H19NO4/c1-10(15)18-7-6-14-9-11-8-12(16-2)4-5-13(11)17-3/h4-5,8,14H,6-7,9H2,1-3H3. The van der Waals surface area contributed by atoms with Gasteiger partial charge in [0.15, 0.2) is 0 Å². The maximum Gasteiger partial charge on any atom is 0.302 e. The van der Waals surface area contributed by atoms with Crippen LogP contribution in [0.1, 0.15) is 12.5 Å². The first kappa shape index (κ1) is 14.3. The fourth-order valence-corrected chi connectivity index (χ4v) is 1.51. The molecule has 0 saturated heterocycles. The Labute approximate surface area is 107 Å². The molecule has 0 unspecified atom stereocenters. The topological polar surface area (TPSA) is 56.8 Å². The van der Waals surface area contributed by atoms with Gasteiger partial charge in [0.2, 0.25) is 0 Å². The van der Waals surface area contributed by atoms with Crippen LogP contribution in [-0.2, 0) is 16.1 Å². The number of methoxy groups -OCH3 is 2. The minimum atomic E-state index is -0.268. The van der Waals surface area contributed by atoms with Gasteiger partial charge in [-0.15, -0.1) is 0 Å². The average molecular weight is 253 g/mol. The molecule has 5 nitrogen and oxygen atoms in total. The van der Waals surface area contributed by atoms with Crippen LogP contribution in [0.4, 0.5) is 0 Å². The summed E-state index contributed by atoms with van der Waals surface area (Å²) in [5, 5.41) is 3.17. The third-order valence-electron chi connectivity index (χ3n) is 2.39. The van der Waals surface area contributed by atoms with Crippen molar-refractivity contribution in [3.05, 3.63) is 23.8 Å². The zero-order chi connectivity index (χ0) is 13.4. The van der Waals surface area contributed by atoms with Crippen LogP contribution >= 0.6 is 0 Å². The van der Waals surface area contributed by atoms with Crippen molar-refractivity contribution in [3.8, 4) is 11.5 Å². The molecule has 100 valence electrons. The minimum Gasteiger partial charge on any atom is -0.497 e. The highest BCUT2D eigenvalue weighted by Crippen LogP contribution is 2.23. The second kappa shape index (κ2) is 7.55. The van der Waals surface area contributed by atoms with Gasteiger partial charge in [-0.25, -0.2) is 0 Å². The van der Waals surface area contributed by atoms with E-state index in [1.807, 2.05) is 18.2 Å². The van der Waals surface area contributed by atoms with Gasteiger partial charge in [-0.2, -0.15) is 0 Å². The van der Waals surface area contributed by atoms with Crippen LogP contribution in [0.15, 0.2) is 18.2 Å². The van der Waals surface area contributed by atoms with Gasteiger partial charge >= 0.3 is 5.97 Å². The van der Waals surface area contributed by atoms with E-state index in [9.17, 15) is 4.79 Å². The Hall–Kier alpha value is -1.75. The zero-order valence-corrected chi connectivity index (χ0v) is 11.0. The van der Waals surface area contributed by atoms with Crippen LogP contribution in [-0.4, -0.2) is 33.3 Å². The Kier molecular flexibility index (Phi) is 6.00. The molecule has 0 spiro atoms. The highest BCUT2D eigenvalue weighted by atomic mass is 16.5. The van der Waals surface area contributed by atoms with E-state index in [1.165, 1.54) is 6.92 Å². The van der Waals surface area contributed by atoms with Crippen molar-refractivity contribution >= 4 is 5.97 Å². The maximum absolute atomic E-state index is 10.6. The maximum atomic E-state index is 10.6. The van der Waals surface area contributed by atoms with Crippen LogP contribution in [0.5, 0.6) is 11.5 Å². The molecular formula is C13H19NO4. The second-order valence-corrected chi connectivity index (χ2v) is 3.69. The molecular weight excluding hydrogens is 234 g/mol. The van der Waals surface area contributed by atoms with Crippen LogP contribution in [0.3, 0.4) is 0 Å². The Balaban J connectivity index is 2.47. The summed E-state index contributed by atoms with van der Waals surface area (Å²) in [6.07, 6.45) is 0. The molecule has 0 bridgehead atoms. The summed E-state index contributed by atoms with van der Waals surface area (Å²) in [7, 11) is 3.25. The summed E-state index contributed by atoms with van der Waals surface area (Å²) in [5.41, 5.74) is 1.000. The SMILES string of the molecule is COc1ccc(OC)c(CNCCOC(C)=O)c1. The van der Waals surface area contributed by atoms with Crippen molar-refractivity contribution in [1.29, 1.82) is 0 Å². The second-order valence-electron chi connectivity index (χ2n) is 3.69. The average Bonchev–Trinajstić information content (AvgIpc) is 2.37. The van der Waals surface area contributed by atoms with Crippen LogP contribution in [0.25, 0.3) is 0 Å². The van der Waals surface area contributed by atoms with E-state index in [2.05, 4.69) is 5.32 Å². The molecule has 0 radical (unpaired) electrons. The highest BCUT2D eigenvalue weighted by Gasteiger charge is 2.04. The molecule has 5 heteroatoms. The van der Waals surface area contributed by atoms with Gasteiger partial charge in [-0.05, 0) is 18.2 Å². The molecule has 0 aliphatic heterocycles. The van der Waals surface area contributed by atoms with Crippen LogP contribution in [0.2, 0.25) is 0 Å². The molecule has 1 N–H and O–H groups in total. The predicted molar refractivity (Wildman–Crippen MR) is 67.9 cm³/mol. The van der Waals surface area contributed by atoms with E-state index < -0.39 is 0 Å². The smallest absolute Gasteiger partial charge is 0.302 e. The Bertz CT molecular complexity index is 393. The highest BCUT2D eigenvalue weighted by molar-refractivity contribution is 5.65. The fraction of sp³-hybridized carbons (Fsp3) is 0.462. The Morgan fingerprint density at radius 1 is 1.28 bits per heavy atom. The largest absolute Gasteiger partial charge is 0.497 e. The third-order valence-corrected chi connectivity index (χ3v) is 2.39. The molecule has 1 aromatic carbocycles. The van der Waals surface area contributed by atoms with Crippen molar-refractivity contribution in [2.24, 2.45) is 0 Å². The third kappa shape index (κ3) is 4.63. The molecule has 0 atom stereocenters. The van der Waals surface area contributed by atoms with Gasteiger partial charge in [0, 0.05) is 25.6 Å². The predicted octanol–water partition coefficient (Wildman–Crippen LogP) is 1.36. The Morgan fingerprint density at radius 2 is 2.06 bits per heavy atom. The number of hydrogen-bond donors (Lipinski definition) is 1. The van der Waals surface area contributed by atoms with Crippen molar-refractivity contribution in [3.63, 3.8) is 0 Å². The van der Waals surface area contributed by atoms with Gasteiger partial charge in [0.1, 0.15) is 18.1 Å². The first-order valence-electron chi connectivity index (χ1n) is 5.72. The van der Waals surface area contributed by atoms with Crippen molar-refractivity contribution in [2.45, 2.75) is 13.5 Å². The number of rotatable bonds is 7. The van der Waals surface area contributed by atoms with E-state index in [0.29, 0.717) is 19.7 Å². The van der Waals surface area contributed by atoms with Gasteiger partial charge in [-0.3, -0.25) is 4.79 Å². The monoisotopic (exact) mass is 253 g/mol. The Morgan fingerprint density at radius 3 is 2.67 bits per heavy atom. The molecule has 0 saturated carbocycles. The lowest BCUT2D eigenvalue weighted by molar-refractivity contribution is -0.140. The lowest BCUT2D eigenvalue weighted by Crippen LogP contribution is -2.20. The molecule has 18 heavy (non-hydrogen) atoms. The lowest BCUT2D eigenvalue weighted by Gasteiger charge is -2.11. The summed E-state index contributed by atoms with van der Waals surface area (Å²) in [6.45, 7) is 2.98. The normalized spacial score (nSPS) is 9.94. The molecule has 1 aromatic rings. The number of hydrogen-bond acceptors (Lipinski definition) is 5. The summed E-state index contributed by atoms with van der Waals surface area (Å²) in [6, 6.07) is 5.63. The van der Waals surface area contributed by atoms with Crippen molar-refractivity contribution < 1.29 is 19.0 Å². The van der Waals surface area contributed by atoms with Crippen LogP contribution in [0, 0.1) is 0 Å². The lowest BCUT2D eigenvalue weighted by atomic mass is 10.2. The van der Waals surface area contributed by atoms with Gasteiger partial charge in [0.05, 0.1) is 14.2 Å². The minimum absolute atomic E-state index is 0.268. The quantitative estimate of drug-likeness (QED) is 0.587.